The molecule has 0 aliphatic heterocycles. The van der Waals surface area contributed by atoms with E-state index in [1.54, 1.807) is 0 Å². The summed E-state index contributed by atoms with van der Waals surface area (Å²) >= 11 is 0.960. The van der Waals surface area contributed by atoms with Crippen molar-refractivity contribution in [2.75, 3.05) is 0 Å². The first-order chi connectivity index (χ1) is 8.56. The van der Waals surface area contributed by atoms with E-state index in [2.05, 4.69) is 25.5 Å². The first-order valence-corrected chi connectivity index (χ1v) is 5.60. The number of aryl methyl sites for hydroxylation is 1. The number of hydrogen-bond donors (Lipinski definition) is 4. The summed E-state index contributed by atoms with van der Waals surface area (Å²) in [5.74, 6) is -2.81. The Bertz CT molecular complexity index is 450. The van der Waals surface area contributed by atoms with Crippen LogP contribution in [-0.4, -0.2) is 27.1 Å². The van der Waals surface area contributed by atoms with E-state index >= 15 is 0 Å². The van der Waals surface area contributed by atoms with Gasteiger partial charge in [-0.3, -0.25) is 0 Å². The molecule has 0 aliphatic rings. The Morgan fingerprint density at radius 2 is 1.89 bits per heavy atom. The number of aromatic carboxylic acids is 1. The van der Waals surface area contributed by atoms with Crippen LogP contribution in [0.25, 0.3) is 0 Å². The molecule has 11 heteroatoms. The van der Waals surface area contributed by atoms with Crippen LogP contribution in [0.1, 0.15) is 27.7 Å². The van der Waals surface area contributed by atoms with Gasteiger partial charge >= 0.3 is 5.97 Å². The lowest BCUT2D eigenvalue weighted by atomic mass is 10.1. The zero-order valence-electron chi connectivity index (χ0n) is 9.12. The molecule has 1 aromatic heterocycles. The predicted molar refractivity (Wildman–Crippen MR) is 58.0 cm³/mol. The van der Waals surface area contributed by atoms with E-state index in [0.717, 1.165) is 11.3 Å². The van der Waals surface area contributed by atoms with Crippen LogP contribution in [0.15, 0.2) is 15.3 Å². The summed E-state index contributed by atoms with van der Waals surface area (Å²) in [6, 6.07) is 0. The Hall–Kier alpha value is -2.17. The highest BCUT2D eigenvalue weighted by atomic mass is 32.1. The predicted octanol–water partition coefficient (Wildman–Crippen LogP) is 2.31. The molecule has 0 saturated heterocycles. The molecular weight excluding hydrogens is 260 g/mol. The minimum atomic E-state index is -1.68. The molecule has 18 heavy (non-hydrogen) atoms. The molecule has 0 fully saturated rings. The zero-order chi connectivity index (χ0) is 13.6. The maximum Gasteiger partial charge on any atom is 0.367 e. The second kappa shape index (κ2) is 5.95. The second-order valence-electron chi connectivity index (χ2n) is 3.27. The van der Waals surface area contributed by atoms with Crippen molar-refractivity contribution in [1.29, 1.82) is 16.6 Å². The van der Waals surface area contributed by atoms with Crippen LogP contribution < -0.4 is 0 Å². The van der Waals surface area contributed by atoms with Gasteiger partial charge in [0.15, 0.2) is 0 Å². The van der Waals surface area contributed by atoms with E-state index in [-0.39, 0.29) is 11.4 Å². The van der Waals surface area contributed by atoms with Gasteiger partial charge in [0.25, 0.3) is 5.79 Å². The van der Waals surface area contributed by atoms with Crippen molar-refractivity contribution < 1.29 is 9.90 Å². The standard InChI is InChI=1S/C7H10N8O2S/c8-13-7(14-9,15-10)3-1-2-4-11-12-5(18-4)6(16)17/h8-10H,1-3H2,(H,16,17). The highest BCUT2D eigenvalue weighted by Gasteiger charge is 2.27. The Kier molecular flexibility index (Phi) is 4.59. The minimum Gasteiger partial charge on any atom is -0.476 e. The lowest BCUT2D eigenvalue weighted by Crippen LogP contribution is -2.18. The molecule has 0 unspecified atom stereocenters. The van der Waals surface area contributed by atoms with Crippen molar-refractivity contribution in [3.63, 3.8) is 0 Å². The molecule has 96 valence electrons. The average Bonchev–Trinajstić information content (AvgIpc) is 2.84. The van der Waals surface area contributed by atoms with Gasteiger partial charge in [-0.15, -0.1) is 25.5 Å². The first kappa shape index (κ1) is 13.9. The number of aromatic nitrogens is 2. The monoisotopic (exact) mass is 270 g/mol. The van der Waals surface area contributed by atoms with Crippen molar-refractivity contribution in [3.05, 3.63) is 10.0 Å². The summed E-state index contributed by atoms with van der Waals surface area (Å²) in [5.41, 5.74) is 20.5. The summed E-state index contributed by atoms with van der Waals surface area (Å²) in [6.45, 7) is 0. The normalized spacial score (nSPS) is 13.6. The van der Waals surface area contributed by atoms with E-state index in [1.807, 2.05) is 0 Å². The van der Waals surface area contributed by atoms with E-state index < -0.39 is 11.8 Å². The highest BCUT2D eigenvalue weighted by Crippen LogP contribution is 2.23. The molecule has 10 nitrogen and oxygen atoms in total. The van der Waals surface area contributed by atoms with Crippen molar-refractivity contribution in [2.24, 2.45) is 15.3 Å². The fraction of sp³-hybridized carbons (Fsp3) is 0.571. The molecule has 4 N–H and O–H groups in total. The fourth-order valence-corrected chi connectivity index (χ4v) is 1.88. The third-order valence-corrected chi connectivity index (χ3v) is 3.06. The van der Waals surface area contributed by atoms with Crippen LogP contribution in [0.4, 0.5) is 0 Å². The van der Waals surface area contributed by atoms with E-state index in [4.69, 9.17) is 21.7 Å². The summed E-state index contributed by atoms with van der Waals surface area (Å²) in [4.78, 5) is 10.6. The molecule has 0 bridgehead atoms. The number of carbonyl (C=O) groups is 1. The van der Waals surface area contributed by atoms with Gasteiger partial charge in [0, 0.05) is 12.8 Å². The van der Waals surface area contributed by atoms with Gasteiger partial charge in [0.1, 0.15) is 5.01 Å². The maximum atomic E-state index is 10.6. The SMILES string of the molecule is N=NC(CCCc1nnc(C(=O)O)s1)(N=N)N=N. The Labute approximate surface area is 105 Å². The third-order valence-electron chi connectivity index (χ3n) is 2.09. The number of rotatable bonds is 8. The first-order valence-electron chi connectivity index (χ1n) is 4.78. The third kappa shape index (κ3) is 3.16. The fourth-order valence-electron chi connectivity index (χ4n) is 1.16. The number of hydrogen-bond acceptors (Lipinski definition) is 10. The van der Waals surface area contributed by atoms with Crippen LogP contribution >= 0.6 is 11.3 Å². The molecule has 0 amide bonds. The van der Waals surface area contributed by atoms with Crippen LogP contribution in [-0.2, 0) is 6.42 Å². The number of nitrogens with one attached hydrogen (secondary N) is 3. The number of carboxylic acids is 1. The van der Waals surface area contributed by atoms with Gasteiger partial charge in [-0.2, -0.15) is 0 Å². The Morgan fingerprint density at radius 3 is 2.33 bits per heavy atom. The van der Waals surface area contributed by atoms with Crippen molar-refractivity contribution in [2.45, 2.75) is 25.0 Å². The Morgan fingerprint density at radius 1 is 1.28 bits per heavy atom. The van der Waals surface area contributed by atoms with Gasteiger partial charge in [0.2, 0.25) is 5.01 Å². The van der Waals surface area contributed by atoms with E-state index in [1.165, 1.54) is 0 Å². The van der Waals surface area contributed by atoms with Crippen LogP contribution in [0.3, 0.4) is 0 Å². The molecule has 0 aliphatic carbocycles. The molecule has 0 saturated carbocycles. The van der Waals surface area contributed by atoms with Crippen molar-refractivity contribution in [1.82, 2.24) is 10.2 Å². The van der Waals surface area contributed by atoms with Crippen LogP contribution in [0.5, 0.6) is 0 Å². The van der Waals surface area contributed by atoms with Gasteiger partial charge in [-0.25, -0.2) is 21.4 Å². The molecule has 0 aromatic carbocycles. The van der Waals surface area contributed by atoms with Gasteiger partial charge in [-0.05, 0) is 6.42 Å². The summed E-state index contributed by atoms with van der Waals surface area (Å²) in [7, 11) is 0. The lowest BCUT2D eigenvalue weighted by Gasteiger charge is -2.13. The molecule has 0 spiro atoms. The van der Waals surface area contributed by atoms with Crippen LogP contribution in [0, 0.1) is 16.6 Å². The topological polar surface area (TPSA) is 172 Å². The molecular formula is C7H10N8O2S. The molecule has 1 aromatic rings. The summed E-state index contributed by atoms with van der Waals surface area (Å²) in [6.07, 6.45) is 0.945. The van der Waals surface area contributed by atoms with Gasteiger partial charge in [0.05, 0.1) is 0 Å². The average molecular weight is 270 g/mol. The van der Waals surface area contributed by atoms with Crippen LogP contribution in [0.2, 0.25) is 0 Å². The van der Waals surface area contributed by atoms with Crippen molar-refractivity contribution in [3.8, 4) is 0 Å². The lowest BCUT2D eigenvalue weighted by molar-refractivity contribution is 0.0695. The second-order valence-corrected chi connectivity index (χ2v) is 4.33. The highest BCUT2D eigenvalue weighted by molar-refractivity contribution is 7.13. The molecule has 1 heterocycles. The quantitative estimate of drug-likeness (QED) is 0.531. The van der Waals surface area contributed by atoms with Gasteiger partial charge < -0.3 is 5.11 Å². The molecule has 0 radical (unpaired) electrons. The van der Waals surface area contributed by atoms with Gasteiger partial charge in [-0.1, -0.05) is 11.3 Å². The van der Waals surface area contributed by atoms with E-state index in [0.29, 0.717) is 17.8 Å². The smallest absolute Gasteiger partial charge is 0.367 e. The number of nitrogens with zero attached hydrogens (tertiary/aromatic N) is 5. The van der Waals surface area contributed by atoms with E-state index in [9.17, 15) is 4.79 Å². The zero-order valence-corrected chi connectivity index (χ0v) is 9.94. The maximum absolute atomic E-state index is 10.6. The summed E-state index contributed by atoms with van der Waals surface area (Å²) < 4.78 is 0. The van der Waals surface area contributed by atoms with Crippen molar-refractivity contribution >= 4 is 17.3 Å². The summed E-state index contributed by atoms with van der Waals surface area (Å²) in [5, 5.41) is 25.4. The Balaban J connectivity index is 2.55. The number of carboxylic acid groups (broad SMARTS) is 1. The largest absolute Gasteiger partial charge is 0.476 e. The molecule has 1 rings (SSSR count). The molecule has 0 atom stereocenters. The minimum absolute atomic E-state index is 0.0863.